The molecule has 0 aliphatic carbocycles. The van der Waals surface area contributed by atoms with E-state index < -0.39 is 0 Å². The second-order valence-corrected chi connectivity index (χ2v) is 7.06. The van der Waals surface area contributed by atoms with Crippen LogP contribution in [-0.4, -0.2) is 0 Å². The van der Waals surface area contributed by atoms with Gasteiger partial charge in [0.25, 0.3) is 0 Å². The van der Waals surface area contributed by atoms with Crippen molar-refractivity contribution in [3.05, 3.63) is 66.9 Å². The molecule has 3 nitrogen and oxygen atoms in total. The summed E-state index contributed by atoms with van der Waals surface area (Å²) >= 11 is 11.9. The molecule has 0 saturated carbocycles. The Bertz CT molecular complexity index is 805. The summed E-state index contributed by atoms with van der Waals surface area (Å²) < 4.78 is 8.00. The standard InChI is InChI=1S/C15H11BrClIN2O/c16-9-4-5-12(18)10(7-9)14(20-19)13-6-8-2-1-3-11(17)15(8)21-13/h1-7,14,20H,19H2. The minimum atomic E-state index is -0.238. The van der Waals surface area contributed by atoms with Crippen molar-refractivity contribution in [1.82, 2.24) is 5.43 Å². The summed E-state index contributed by atoms with van der Waals surface area (Å²) in [7, 11) is 0. The van der Waals surface area contributed by atoms with Gasteiger partial charge >= 0.3 is 0 Å². The SMILES string of the molecule is NNC(c1cc2cccc(Cl)c2o1)c1cc(Br)ccc1I. The molecule has 0 spiro atoms. The smallest absolute Gasteiger partial charge is 0.152 e. The molecule has 1 aromatic heterocycles. The average Bonchev–Trinajstić information content (AvgIpc) is 2.89. The number of hydrazine groups is 1. The van der Waals surface area contributed by atoms with Crippen molar-refractivity contribution >= 4 is 61.1 Å². The van der Waals surface area contributed by atoms with Crippen LogP contribution < -0.4 is 11.3 Å². The Morgan fingerprint density at radius 2 is 2.05 bits per heavy atom. The molecule has 2 aromatic carbocycles. The van der Waals surface area contributed by atoms with Crippen LogP contribution in [0.4, 0.5) is 0 Å². The Hall–Kier alpha value is -0.600. The average molecular weight is 478 g/mol. The third-order valence-corrected chi connectivity index (χ3v) is 5.01. The normalized spacial score (nSPS) is 12.8. The zero-order valence-electron chi connectivity index (χ0n) is 10.7. The van der Waals surface area contributed by atoms with Crippen LogP contribution in [0, 0.1) is 3.57 Å². The first kappa shape index (κ1) is 15.3. The number of nitrogens with one attached hydrogen (secondary N) is 1. The lowest BCUT2D eigenvalue weighted by Crippen LogP contribution is -2.29. The molecule has 6 heteroatoms. The molecule has 0 amide bonds. The fourth-order valence-electron chi connectivity index (χ4n) is 2.25. The van der Waals surface area contributed by atoms with E-state index in [0.29, 0.717) is 10.6 Å². The van der Waals surface area contributed by atoms with Crippen molar-refractivity contribution in [3.8, 4) is 0 Å². The first-order chi connectivity index (χ1) is 10.1. The Morgan fingerprint density at radius 3 is 2.76 bits per heavy atom. The molecular formula is C15H11BrClIN2O. The van der Waals surface area contributed by atoms with Crippen LogP contribution in [0.5, 0.6) is 0 Å². The second-order valence-electron chi connectivity index (χ2n) is 4.57. The number of para-hydroxylation sites is 1. The topological polar surface area (TPSA) is 51.2 Å². The molecule has 0 bridgehead atoms. The molecule has 0 radical (unpaired) electrons. The van der Waals surface area contributed by atoms with E-state index in [-0.39, 0.29) is 6.04 Å². The number of fused-ring (bicyclic) bond motifs is 1. The summed E-state index contributed by atoms with van der Waals surface area (Å²) in [6, 6.07) is 13.5. The van der Waals surface area contributed by atoms with E-state index in [0.717, 1.165) is 24.8 Å². The first-order valence-corrected chi connectivity index (χ1v) is 8.44. The van der Waals surface area contributed by atoms with Crippen LogP contribution in [0.25, 0.3) is 11.0 Å². The van der Waals surface area contributed by atoms with Crippen LogP contribution in [0.3, 0.4) is 0 Å². The molecule has 1 heterocycles. The van der Waals surface area contributed by atoms with Crippen molar-refractivity contribution in [2.45, 2.75) is 6.04 Å². The van der Waals surface area contributed by atoms with Gasteiger partial charge in [0.15, 0.2) is 5.58 Å². The van der Waals surface area contributed by atoms with Gasteiger partial charge in [-0.15, -0.1) is 0 Å². The van der Waals surface area contributed by atoms with Gasteiger partial charge in [-0.1, -0.05) is 39.7 Å². The van der Waals surface area contributed by atoms with Crippen molar-refractivity contribution in [1.29, 1.82) is 0 Å². The minimum Gasteiger partial charge on any atom is -0.457 e. The highest BCUT2D eigenvalue weighted by molar-refractivity contribution is 14.1. The number of hydrogen-bond donors (Lipinski definition) is 2. The van der Waals surface area contributed by atoms with Gasteiger partial charge in [0.05, 0.1) is 5.02 Å². The van der Waals surface area contributed by atoms with Crippen LogP contribution in [-0.2, 0) is 0 Å². The molecule has 3 aromatic rings. The summed E-state index contributed by atoms with van der Waals surface area (Å²) in [5, 5.41) is 1.56. The summed E-state index contributed by atoms with van der Waals surface area (Å²) in [5.74, 6) is 6.49. The number of nitrogens with two attached hydrogens (primary N) is 1. The van der Waals surface area contributed by atoms with Crippen LogP contribution in [0.2, 0.25) is 5.02 Å². The molecule has 0 aliphatic rings. The van der Waals surface area contributed by atoms with Gasteiger partial charge in [-0.3, -0.25) is 5.84 Å². The van der Waals surface area contributed by atoms with Crippen LogP contribution in [0.15, 0.2) is 51.4 Å². The number of halogens is 3. The summed E-state index contributed by atoms with van der Waals surface area (Å²) in [5.41, 5.74) is 4.54. The predicted molar refractivity (Wildman–Crippen MR) is 97.2 cm³/mol. The predicted octanol–water partition coefficient (Wildman–Crippen LogP) is 5.01. The van der Waals surface area contributed by atoms with Crippen molar-refractivity contribution < 1.29 is 4.42 Å². The van der Waals surface area contributed by atoms with E-state index in [1.165, 1.54) is 0 Å². The van der Waals surface area contributed by atoms with Gasteiger partial charge in [0.2, 0.25) is 0 Å². The molecule has 1 atom stereocenters. The molecular weight excluding hydrogens is 466 g/mol. The molecule has 108 valence electrons. The summed E-state index contributed by atoms with van der Waals surface area (Å²) in [4.78, 5) is 0. The highest BCUT2D eigenvalue weighted by Crippen LogP contribution is 2.34. The largest absolute Gasteiger partial charge is 0.457 e. The maximum absolute atomic E-state index is 6.17. The van der Waals surface area contributed by atoms with Gasteiger partial charge in [0.1, 0.15) is 11.8 Å². The maximum Gasteiger partial charge on any atom is 0.152 e. The zero-order chi connectivity index (χ0) is 15.0. The van der Waals surface area contributed by atoms with E-state index in [2.05, 4.69) is 43.9 Å². The molecule has 21 heavy (non-hydrogen) atoms. The molecule has 3 rings (SSSR count). The van der Waals surface area contributed by atoms with Gasteiger partial charge < -0.3 is 4.42 Å². The van der Waals surface area contributed by atoms with Crippen LogP contribution in [0.1, 0.15) is 17.4 Å². The fourth-order valence-corrected chi connectivity index (χ4v) is 3.50. The zero-order valence-corrected chi connectivity index (χ0v) is 15.2. The van der Waals surface area contributed by atoms with Crippen LogP contribution >= 0.6 is 50.1 Å². The number of benzene rings is 2. The number of furan rings is 1. The lowest BCUT2D eigenvalue weighted by Gasteiger charge is -2.16. The minimum absolute atomic E-state index is 0.238. The monoisotopic (exact) mass is 476 g/mol. The van der Waals surface area contributed by atoms with Gasteiger partial charge in [-0.2, -0.15) is 0 Å². The van der Waals surface area contributed by atoms with Gasteiger partial charge in [0, 0.05) is 13.4 Å². The van der Waals surface area contributed by atoms with Crippen molar-refractivity contribution in [3.63, 3.8) is 0 Å². The fraction of sp³-hybridized carbons (Fsp3) is 0.0667. The molecule has 1 unspecified atom stereocenters. The molecule has 0 aliphatic heterocycles. The van der Waals surface area contributed by atoms with E-state index in [1.54, 1.807) is 0 Å². The van der Waals surface area contributed by atoms with E-state index in [4.69, 9.17) is 21.9 Å². The Morgan fingerprint density at radius 1 is 1.24 bits per heavy atom. The van der Waals surface area contributed by atoms with E-state index in [1.807, 2.05) is 42.5 Å². The summed E-state index contributed by atoms with van der Waals surface area (Å²) in [6.45, 7) is 0. The van der Waals surface area contributed by atoms with Crippen molar-refractivity contribution in [2.75, 3.05) is 0 Å². The maximum atomic E-state index is 6.17. The first-order valence-electron chi connectivity index (χ1n) is 6.19. The lowest BCUT2D eigenvalue weighted by atomic mass is 10.1. The third-order valence-electron chi connectivity index (χ3n) is 3.24. The molecule has 0 fully saturated rings. The highest BCUT2D eigenvalue weighted by Gasteiger charge is 2.20. The highest BCUT2D eigenvalue weighted by atomic mass is 127. The molecule has 0 saturated heterocycles. The molecule has 3 N–H and O–H groups in total. The second kappa shape index (κ2) is 6.26. The van der Waals surface area contributed by atoms with E-state index in [9.17, 15) is 0 Å². The van der Waals surface area contributed by atoms with Gasteiger partial charge in [-0.05, 0) is 58.5 Å². The van der Waals surface area contributed by atoms with Gasteiger partial charge in [-0.25, -0.2) is 5.43 Å². The quantitative estimate of drug-likeness (QED) is 0.317. The summed E-state index contributed by atoms with van der Waals surface area (Å²) in [6.07, 6.45) is 0. The number of rotatable bonds is 3. The Balaban J connectivity index is 2.13. The Kier molecular flexibility index (Phi) is 4.56. The van der Waals surface area contributed by atoms with E-state index >= 15 is 0 Å². The number of hydrogen-bond acceptors (Lipinski definition) is 3. The van der Waals surface area contributed by atoms with Crippen molar-refractivity contribution in [2.24, 2.45) is 5.84 Å². The Labute approximate surface area is 149 Å². The lowest BCUT2D eigenvalue weighted by molar-refractivity contribution is 0.476. The third kappa shape index (κ3) is 2.98.